The van der Waals surface area contributed by atoms with Crippen LogP contribution >= 0.6 is 27.3 Å². The molecule has 0 saturated heterocycles. The highest BCUT2D eigenvalue weighted by atomic mass is 79.9. The quantitative estimate of drug-likeness (QED) is 0.902. The van der Waals surface area contributed by atoms with E-state index in [1.165, 1.54) is 23.5 Å². The molecule has 104 valence electrons. The predicted octanol–water partition coefficient (Wildman–Crippen LogP) is 3.99. The SMILES string of the molecule is CC(N)C(Oc1cccc(F)c1C#N)c1ccc(Br)s1. The molecular formula is C14H12BrFN2OS. The number of nitriles is 1. The zero-order valence-electron chi connectivity index (χ0n) is 10.6. The van der Waals surface area contributed by atoms with Gasteiger partial charge in [0.05, 0.1) is 3.79 Å². The van der Waals surface area contributed by atoms with Gasteiger partial charge in [-0.15, -0.1) is 11.3 Å². The second-order valence-corrected chi connectivity index (χ2v) is 6.76. The summed E-state index contributed by atoms with van der Waals surface area (Å²) in [5, 5.41) is 9.02. The van der Waals surface area contributed by atoms with Gasteiger partial charge in [-0.25, -0.2) is 4.39 Å². The summed E-state index contributed by atoms with van der Waals surface area (Å²) >= 11 is 4.88. The van der Waals surface area contributed by atoms with E-state index < -0.39 is 11.9 Å². The van der Waals surface area contributed by atoms with Gasteiger partial charge in [-0.1, -0.05) is 6.07 Å². The van der Waals surface area contributed by atoms with Gasteiger partial charge in [0, 0.05) is 10.9 Å². The number of hydrogen-bond acceptors (Lipinski definition) is 4. The molecule has 2 rings (SSSR count). The zero-order valence-corrected chi connectivity index (χ0v) is 13.0. The second-order valence-electron chi connectivity index (χ2n) is 4.26. The van der Waals surface area contributed by atoms with Gasteiger partial charge in [-0.3, -0.25) is 0 Å². The number of rotatable bonds is 4. The first kappa shape index (κ1) is 15.0. The summed E-state index contributed by atoms with van der Waals surface area (Å²) in [5.41, 5.74) is 5.84. The Morgan fingerprint density at radius 3 is 2.70 bits per heavy atom. The molecule has 0 bridgehead atoms. The highest BCUT2D eigenvalue weighted by Crippen LogP contribution is 2.33. The lowest BCUT2D eigenvalue weighted by molar-refractivity contribution is 0.183. The van der Waals surface area contributed by atoms with Gasteiger partial charge in [0.1, 0.15) is 29.3 Å². The minimum atomic E-state index is -0.596. The van der Waals surface area contributed by atoms with Crippen LogP contribution in [0.15, 0.2) is 34.1 Å². The van der Waals surface area contributed by atoms with Crippen LogP contribution in [0.1, 0.15) is 23.5 Å². The fourth-order valence-corrected chi connectivity index (χ4v) is 3.32. The molecule has 1 heterocycles. The van der Waals surface area contributed by atoms with E-state index in [9.17, 15) is 4.39 Å². The van der Waals surface area contributed by atoms with E-state index in [1.807, 2.05) is 25.1 Å². The summed E-state index contributed by atoms with van der Waals surface area (Å²) in [6.07, 6.45) is -0.430. The van der Waals surface area contributed by atoms with E-state index in [4.69, 9.17) is 15.7 Å². The van der Waals surface area contributed by atoms with Crippen molar-refractivity contribution in [3.05, 3.63) is 50.4 Å². The molecule has 2 atom stereocenters. The Hall–Kier alpha value is -1.42. The fraction of sp³-hybridized carbons (Fsp3) is 0.214. The molecule has 6 heteroatoms. The van der Waals surface area contributed by atoms with E-state index in [-0.39, 0.29) is 17.4 Å². The summed E-state index contributed by atoms with van der Waals surface area (Å²) in [4.78, 5) is 0.917. The van der Waals surface area contributed by atoms with Crippen LogP contribution in [0.5, 0.6) is 5.75 Å². The molecule has 0 aliphatic carbocycles. The molecule has 1 aromatic carbocycles. The molecule has 0 saturated carbocycles. The fourth-order valence-electron chi connectivity index (χ4n) is 1.75. The first-order chi connectivity index (χ1) is 9.52. The summed E-state index contributed by atoms with van der Waals surface area (Å²) in [6.45, 7) is 1.81. The Morgan fingerprint density at radius 1 is 1.40 bits per heavy atom. The van der Waals surface area contributed by atoms with Crippen LogP contribution in [0.3, 0.4) is 0 Å². The van der Waals surface area contributed by atoms with Crippen LogP contribution in [-0.2, 0) is 0 Å². The van der Waals surface area contributed by atoms with Crippen molar-refractivity contribution in [3.8, 4) is 11.8 Å². The maximum absolute atomic E-state index is 13.6. The van der Waals surface area contributed by atoms with Crippen molar-refractivity contribution in [2.24, 2.45) is 5.73 Å². The molecule has 0 amide bonds. The third kappa shape index (κ3) is 3.18. The summed E-state index contributed by atoms with van der Waals surface area (Å²) in [6, 6.07) is 9.62. The van der Waals surface area contributed by atoms with Crippen molar-refractivity contribution < 1.29 is 9.13 Å². The molecule has 3 nitrogen and oxygen atoms in total. The van der Waals surface area contributed by atoms with Gasteiger partial charge in [-0.05, 0) is 47.1 Å². The molecule has 0 spiro atoms. The molecule has 1 aromatic heterocycles. The van der Waals surface area contributed by atoms with Crippen molar-refractivity contribution in [2.45, 2.75) is 19.1 Å². The average Bonchev–Trinajstić information content (AvgIpc) is 2.82. The Morgan fingerprint density at radius 2 is 2.15 bits per heavy atom. The van der Waals surface area contributed by atoms with Gasteiger partial charge in [0.25, 0.3) is 0 Å². The molecule has 2 unspecified atom stereocenters. The topological polar surface area (TPSA) is 59.0 Å². The monoisotopic (exact) mass is 354 g/mol. The molecule has 2 aromatic rings. The molecule has 20 heavy (non-hydrogen) atoms. The molecule has 0 radical (unpaired) electrons. The minimum Gasteiger partial charge on any atom is -0.482 e. The van der Waals surface area contributed by atoms with Gasteiger partial charge < -0.3 is 10.5 Å². The van der Waals surface area contributed by atoms with Gasteiger partial charge in [-0.2, -0.15) is 5.26 Å². The number of hydrogen-bond donors (Lipinski definition) is 1. The van der Waals surface area contributed by atoms with Crippen molar-refractivity contribution in [1.29, 1.82) is 5.26 Å². The lowest BCUT2D eigenvalue weighted by Crippen LogP contribution is -2.28. The summed E-state index contributed by atoms with van der Waals surface area (Å²) < 4.78 is 20.3. The number of nitrogens with two attached hydrogens (primary N) is 1. The Kier molecular flexibility index (Phi) is 4.76. The number of nitrogens with zero attached hydrogens (tertiary/aromatic N) is 1. The van der Waals surface area contributed by atoms with Gasteiger partial charge in [0.2, 0.25) is 0 Å². The lowest BCUT2D eigenvalue weighted by atomic mass is 10.1. The van der Waals surface area contributed by atoms with Gasteiger partial charge in [0.15, 0.2) is 0 Å². The van der Waals surface area contributed by atoms with E-state index >= 15 is 0 Å². The molecular weight excluding hydrogens is 343 g/mol. The first-order valence-electron chi connectivity index (χ1n) is 5.89. The van der Waals surface area contributed by atoms with E-state index in [2.05, 4.69) is 15.9 Å². The molecule has 0 fully saturated rings. The molecule has 2 N–H and O–H groups in total. The highest BCUT2D eigenvalue weighted by molar-refractivity contribution is 9.11. The summed E-state index contributed by atoms with van der Waals surface area (Å²) in [7, 11) is 0. The van der Waals surface area contributed by atoms with Crippen molar-refractivity contribution in [3.63, 3.8) is 0 Å². The van der Waals surface area contributed by atoms with Crippen LogP contribution in [-0.4, -0.2) is 6.04 Å². The largest absolute Gasteiger partial charge is 0.482 e. The zero-order chi connectivity index (χ0) is 14.7. The molecule has 0 aliphatic heterocycles. The Labute approximate surface area is 128 Å². The van der Waals surface area contributed by atoms with Crippen molar-refractivity contribution >= 4 is 27.3 Å². The highest BCUT2D eigenvalue weighted by Gasteiger charge is 2.22. The van der Waals surface area contributed by atoms with Crippen LogP contribution in [0.2, 0.25) is 0 Å². The normalized spacial score (nSPS) is 13.6. The molecule has 0 aliphatic rings. The number of benzene rings is 1. The van der Waals surface area contributed by atoms with Crippen molar-refractivity contribution in [1.82, 2.24) is 0 Å². The maximum atomic E-state index is 13.6. The van der Waals surface area contributed by atoms with Crippen molar-refractivity contribution in [2.75, 3.05) is 0 Å². The van der Waals surface area contributed by atoms with Crippen LogP contribution in [0.4, 0.5) is 4.39 Å². The smallest absolute Gasteiger partial charge is 0.148 e. The predicted molar refractivity (Wildman–Crippen MR) is 80.2 cm³/mol. The average molecular weight is 355 g/mol. The maximum Gasteiger partial charge on any atom is 0.148 e. The Balaban J connectivity index is 2.35. The standard InChI is InChI=1S/C14H12BrFN2OS/c1-8(18)14(12-5-6-13(15)20-12)19-11-4-2-3-10(16)9(11)7-17/h2-6,8,14H,18H2,1H3. The second kappa shape index (κ2) is 6.35. The van der Waals surface area contributed by atoms with Crippen LogP contribution in [0, 0.1) is 17.1 Å². The van der Waals surface area contributed by atoms with Gasteiger partial charge >= 0.3 is 0 Å². The van der Waals surface area contributed by atoms with Crippen LogP contribution < -0.4 is 10.5 Å². The third-order valence-electron chi connectivity index (χ3n) is 2.69. The number of ether oxygens (including phenoxy) is 1. The third-order valence-corrected chi connectivity index (χ3v) is 4.38. The van der Waals surface area contributed by atoms with Crippen LogP contribution in [0.25, 0.3) is 0 Å². The lowest BCUT2D eigenvalue weighted by Gasteiger charge is -2.22. The van der Waals surface area contributed by atoms with E-state index in [0.29, 0.717) is 0 Å². The number of halogens is 2. The summed E-state index contributed by atoms with van der Waals surface area (Å²) in [5.74, 6) is -0.389. The van der Waals surface area contributed by atoms with E-state index in [1.54, 1.807) is 6.07 Å². The first-order valence-corrected chi connectivity index (χ1v) is 7.50. The van der Waals surface area contributed by atoms with E-state index in [0.717, 1.165) is 8.66 Å². The Bertz CT molecular complexity index is 651. The number of thiophene rings is 1. The minimum absolute atomic E-state index is 0.103.